The lowest BCUT2D eigenvalue weighted by Crippen LogP contribution is -2.30. The van der Waals surface area contributed by atoms with Crippen molar-refractivity contribution in [3.63, 3.8) is 0 Å². The summed E-state index contributed by atoms with van der Waals surface area (Å²) in [7, 11) is 0.296. The first-order valence-electron chi connectivity index (χ1n) is 7.66. The predicted molar refractivity (Wildman–Crippen MR) is 96.0 cm³/mol. The maximum Gasteiger partial charge on any atom is 0.269 e. The number of rotatable bonds is 7. The second kappa shape index (κ2) is 7.71. The van der Waals surface area contributed by atoms with Gasteiger partial charge in [0.05, 0.1) is 19.1 Å². The van der Waals surface area contributed by atoms with Crippen LogP contribution in [0.15, 0.2) is 47.4 Å². The Bertz CT molecular complexity index is 913. The number of nitro benzene ring substituents is 1. The van der Waals surface area contributed by atoms with Crippen LogP contribution in [0, 0.1) is 10.1 Å². The molecule has 0 aliphatic heterocycles. The number of ether oxygens (including phenoxy) is 2. The van der Waals surface area contributed by atoms with E-state index < -0.39 is 21.0 Å². The van der Waals surface area contributed by atoms with Gasteiger partial charge in [-0.25, -0.2) is 8.42 Å². The summed E-state index contributed by atoms with van der Waals surface area (Å²) in [5, 5.41) is 11.0. The topological polar surface area (TPSA) is 99.0 Å². The highest BCUT2D eigenvalue weighted by molar-refractivity contribution is 7.89. The summed E-state index contributed by atoms with van der Waals surface area (Å²) in [5.41, 5.74) is 0.409. The van der Waals surface area contributed by atoms with Gasteiger partial charge in [0.2, 0.25) is 10.0 Å². The van der Waals surface area contributed by atoms with E-state index in [4.69, 9.17) is 9.47 Å². The molecule has 1 atom stereocenters. The number of methoxy groups -OCH3 is 2. The Balaban J connectivity index is 2.46. The zero-order valence-corrected chi connectivity index (χ0v) is 15.7. The fraction of sp³-hybridized carbons (Fsp3) is 0.294. The Labute approximate surface area is 152 Å². The molecular weight excluding hydrogens is 360 g/mol. The SMILES string of the molecule is COc1ccc(OC)c(S(=O)(=O)N(C)C(C)c2cccc([N+](=O)[O-])c2)c1. The molecule has 0 radical (unpaired) electrons. The molecular formula is C17H20N2O6S. The summed E-state index contributed by atoms with van der Waals surface area (Å²) in [4.78, 5) is 10.4. The van der Waals surface area contributed by atoms with Crippen molar-refractivity contribution in [3.8, 4) is 11.5 Å². The summed E-state index contributed by atoms with van der Waals surface area (Å²) < 4.78 is 37.6. The van der Waals surface area contributed by atoms with Gasteiger partial charge in [0.1, 0.15) is 16.4 Å². The number of sulfonamides is 1. The minimum atomic E-state index is -3.94. The molecule has 1 unspecified atom stereocenters. The molecule has 0 amide bonds. The monoisotopic (exact) mass is 380 g/mol. The fourth-order valence-electron chi connectivity index (χ4n) is 2.46. The number of nitrogens with zero attached hydrogens (tertiary/aromatic N) is 2. The summed E-state index contributed by atoms with van der Waals surface area (Å²) in [6.07, 6.45) is 0. The van der Waals surface area contributed by atoms with Crippen LogP contribution in [0.25, 0.3) is 0 Å². The zero-order valence-electron chi connectivity index (χ0n) is 14.9. The van der Waals surface area contributed by atoms with Gasteiger partial charge in [-0.1, -0.05) is 12.1 Å². The molecule has 0 fully saturated rings. The largest absolute Gasteiger partial charge is 0.497 e. The Morgan fingerprint density at radius 1 is 1.12 bits per heavy atom. The van der Waals surface area contributed by atoms with Crippen molar-refractivity contribution in [2.75, 3.05) is 21.3 Å². The molecule has 2 aromatic carbocycles. The lowest BCUT2D eigenvalue weighted by atomic mass is 10.1. The minimum Gasteiger partial charge on any atom is -0.497 e. The van der Waals surface area contributed by atoms with Gasteiger partial charge in [0, 0.05) is 31.3 Å². The highest BCUT2D eigenvalue weighted by Crippen LogP contribution is 2.34. The highest BCUT2D eigenvalue weighted by Gasteiger charge is 2.30. The normalized spacial score (nSPS) is 12.7. The maximum atomic E-state index is 13.1. The van der Waals surface area contributed by atoms with Crippen molar-refractivity contribution in [2.45, 2.75) is 17.9 Å². The molecule has 0 aromatic heterocycles. The average Bonchev–Trinajstić information content (AvgIpc) is 2.66. The van der Waals surface area contributed by atoms with E-state index >= 15 is 0 Å². The molecule has 9 heteroatoms. The van der Waals surface area contributed by atoms with Crippen LogP contribution in [0.2, 0.25) is 0 Å². The third-order valence-corrected chi connectivity index (χ3v) is 6.09. The van der Waals surface area contributed by atoms with E-state index in [9.17, 15) is 18.5 Å². The van der Waals surface area contributed by atoms with Gasteiger partial charge < -0.3 is 9.47 Å². The van der Waals surface area contributed by atoms with E-state index in [2.05, 4.69) is 0 Å². The minimum absolute atomic E-state index is 0.0425. The van der Waals surface area contributed by atoms with Gasteiger partial charge in [0.15, 0.2) is 0 Å². The number of hydrogen-bond donors (Lipinski definition) is 0. The molecule has 8 nitrogen and oxygen atoms in total. The molecule has 26 heavy (non-hydrogen) atoms. The van der Waals surface area contributed by atoms with Crippen LogP contribution in [-0.4, -0.2) is 38.9 Å². The number of non-ortho nitro benzene ring substituents is 1. The first-order valence-corrected chi connectivity index (χ1v) is 9.10. The van der Waals surface area contributed by atoms with Crippen LogP contribution in [0.5, 0.6) is 11.5 Å². The fourth-order valence-corrected chi connectivity index (χ4v) is 3.98. The van der Waals surface area contributed by atoms with Crippen LogP contribution >= 0.6 is 0 Å². The molecule has 0 saturated heterocycles. The molecule has 0 spiro atoms. The Hall–Kier alpha value is -2.65. The van der Waals surface area contributed by atoms with Crippen LogP contribution in [0.3, 0.4) is 0 Å². The number of benzene rings is 2. The van der Waals surface area contributed by atoms with E-state index in [1.165, 1.54) is 51.6 Å². The van der Waals surface area contributed by atoms with Gasteiger partial charge in [-0.2, -0.15) is 4.31 Å². The molecule has 2 aromatic rings. The van der Waals surface area contributed by atoms with Crippen LogP contribution in [0.4, 0.5) is 5.69 Å². The van der Waals surface area contributed by atoms with Crippen LogP contribution in [-0.2, 0) is 10.0 Å². The Morgan fingerprint density at radius 2 is 1.81 bits per heavy atom. The summed E-state index contributed by atoms with van der Waals surface area (Å²) in [6.45, 7) is 1.66. The van der Waals surface area contributed by atoms with Crippen molar-refractivity contribution in [3.05, 3.63) is 58.1 Å². The summed E-state index contributed by atoms with van der Waals surface area (Å²) >= 11 is 0. The smallest absolute Gasteiger partial charge is 0.269 e. The first kappa shape index (κ1) is 19.7. The molecule has 0 N–H and O–H groups in total. The quantitative estimate of drug-likeness (QED) is 0.541. The molecule has 0 aliphatic carbocycles. The van der Waals surface area contributed by atoms with Crippen LogP contribution in [0.1, 0.15) is 18.5 Å². The van der Waals surface area contributed by atoms with Gasteiger partial charge in [-0.05, 0) is 24.6 Å². The number of hydrogen-bond acceptors (Lipinski definition) is 6. The molecule has 0 heterocycles. The van der Waals surface area contributed by atoms with Gasteiger partial charge in [-0.3, -0.25) is 10.1 Å². The van der Waals surface area contributed by atoms with Crippen LogP contribution < -0.4 is 9.47 Å². The molecule has 0 aliphatic rings. The highest BCUT2D eigenvalue weighted by atomic mass is 32.2. The van der Waals surface area contributed by atoms with Gasteiger partial charge in [0.25, 0.3) is 5.69 Å². The standard InChI is InChI=1S/C17H20N2O6S/c1-12(13-6-5-7-14(10-13)19(20)21)18(2)26(22,23)17-11-15(24-3)8-9-16(17)25-4/h5-12H,1-4H3. The zero-order chi connectivity index (χ0) is 19.5. The molecule has 0 saturated carbocycles. The Kier molecular flexibility index (Phi) is 5.83. The third-order valence-electron chi connectivity index (χ3n) is 4.14. The van der Waals surface area contributed by atoms with Crippen molar-refractivity contribution < 1.29 is 22.8 Å². The predicted octanol–water partition coefficient (Wildman–Crippen LogP) is 2.99. The summed E-state index contributed by atoms with van der Waals surface area (Å²) in [5.74, 6) is 0.560. The van der Waals surface area contributed by atoms with E-state index in [1.54, 1.807) is 19.1 Å². The number of nitro groups is 1. The first-order chi connectivity index (χ1) is 12.2. The van der Waals surface area contributed by atoms with Crippen molar-refractivity contribution in [2.24, 2.45) is 0 Å². The second-order valence-electron chi connectivity index (χ2n) is 5.57. The average molecular weight is 380 g/mol. The maximum absolute atomic E-state index is 13.1. The van der Waals surface area contributed by atoms with Crippen molar-refractivity contribution in [1.82, 2.24) is 4.31 Å². The van der Waals surface area contributed by atoms with E-state index in [-0.39, 0.29) is 16.3 Å². The van der Waals surface area contributed by atoms with Crippen molar-refractivity contribution in [1.29, 1.82) is 0 Å². The molecule has 140 valence electrons. The van der Waals surface area contributed by atoms with E-state index in [1.807, 2.05) is 0 Å². The van der Waals surface area contributed by atoms with E-state index in [0.717, 1.165) is 4.31 Å². The van der Waals surface area contributed by atoms with E-state index in [0.29, 0.717) is 11.3 Å². The molecule has 2 rings (SSSR count). The second-order valence-corrected chi connectivity index (χ2v) is 7.53. The third kappa shape index (κ3) is 3.78. The Morgan fingerprint density at radius 3 is 2.38 bits per heavy atom. The summed E-state index contributed by atoms with van der Waals surface area (Å²) in [6, 6.07) is 9.75. The van der Waals surface area contributed by atoms with Gasteiger partial charge in [-0.15, -0.1) is 0 Å². The lowest BCUT2D eigenvalue weighted by molar-refractivity contribution is -0.384. The lowest BCUT2D eigenvalue weighted by Gasteiger charge is -2.25. The molecule has 0 bridgehead atoms. The van der Waals surface area contributed by atoms with Crippen molar-refractivity contribution >= 4 is 15.7 Å². The van der Waals surface area contributed by atoms with Gasteiger partial charge >= 0.3 is 0 Å².